The molecule has 1 aliphatic rings. The predicted molar refractivity (Wildman–Crippen MR) is 120 cm³/mol. The summed E-state index contributed by atoms with van der Waals surface area (Å²) in [5.74, 6) is -0.716. The van der Waals surface area contributed by atoms with Gasteiger partial charge in [0.25, 0.3) is 5.91 Å². The standard InChI is InChI=1S/C23H36FN3O5/c1-7-23(8-2,21(29)31-9-3)26-19(28)17-10-11-18(27-12-16(13-27)30-6)20(25-17)32-15-22(4,5)14-24/h10-11,16H,7-9,12-15H2,1-6H3,(H,26,28). The molecule has 0 aliphatic carbocycles. The zero-order valence-corrected chi connectivity index (χ0v) is 20.0. The number of nitrogens with zero attached hydrogens (tertiary/aromatic N) is 2. The maximum atomic E-state index is 13.3. The number of halogens is 1. The Morgan fingerprint density at radius 2 is 1.88 bits per heavy atom. The summed E-state index contributed by atoms with van der Waals surface area (Å²) in [6.07, 6.45) is 0.881. The number of ether oxygens (including phenoxy) is 3. The molecule has 1 saturated heterocycles. The van der Waals surface area contributed by atoms with Crippen molar-refractivity contribution >= 4 is 17.6 Å². The Kier molecular flexibility index (Phi) is 8.83. The van der Waals surface area contributed by atoms with Gasteiger partial charge >= 0.3 is 5.97 Å². The predicted octanol–water partition coefficient (Wildman–Crippen LogP) is 3.14. The first-order valence-electron chi connectivity index (χ1n) is 11.1. The molecule has 0 atom stereocenters. The summed E-state index contributed by atoms with van der Waals surface area (Å²) >= 11 is 0. The Bertz CT molecular complexity index is 792. The Labute approximate surface area is 189 Å². The summed E-state index contributed by atoms with van der Waals surface area (Å²) in [6.45, 7) is 10.00. The molecule has 0 spiro atoms. The van der Waals surface area contributed by atoms with E-state index in [9.17, 15) is 14.0 Å². The highest BCUT2D eigenvalue weighted by molar-refractivity contribution is 5.97. The van der Waals surface area contributed by atoms with E-state index in [1.807, 2.05) is 18.7 Å². The zero-order valence-electron chi connectivity index (χ0n) is 20.0. The molecular weight excluding hydrogens is 417 g/mol. The van der Waals surface area contributed by atoms with E-state index >= 15 is 0 Å². The lowest BCUT2D eigenvalue weighted by Gasteiger charge is -2.40. The summed E-state index contributed by atoms with van der Waals surface area (Å²) in [5, 5.41) is 2.81. The van der Waals surface area contributed by atoms with Gasteiger partial charge in [-0.2, -0.15) is 0 Å². The van der Waals surface area contributed by atoms with Crippen molar-refractivity contribution in [3.05, 3.63) is 17.8 Å². The number of amides is 1. The molecular formula is C23H36FN3O5. The van der Waals surface area contributed by atoms with Crippen LogP contribution in [0.4, 0.5) is 10.1 Å². The van der Waals surface area contributed by atoms with Crippen LogP contribution in [0.1, 0.15) is 57.9 Å². The van der Waals surface area contributed by atoms with Gasteiger partial charge in [-0.1, -0.05) is 27.7 Å². The van der Waals surface area contributed by atoms with E-state index in [0.29, 0.717) is 31.6 Å². The van der Waals surface area contributed by atoms with Gasteiger partial charge in [0.15, 0.2) is 0 Å². The van der Waals surface area contributed by atoms with E-state index in [2.05, 4.69) is 10.3 Å². The number of methoxy groups -OCH3 is 1. The van der Waals surface area contributed by atoms with E-state index in [1.54, 1.807) is 40.0 Å². The Morgan fingerprint density at radius 1 is 1.22 bits per heavy atom. The highest BCUT2D eigenvalue weighted by Crippen LogP contribution is 2.32. The maximum Gasteiger partial charge on any atom is 0.331 e. The fraction of sp³-hybridized carbons (Fsp3) is 0.696. The molecule has 2 rings (SSSR count). The second-order valence-electron chi connectivity index (χ2n) is 8.83. The summed E-state index contributed by atoms with van der Waals surface area (Å²) in [5.41, 5.74) is -0.994. The number of carbonyl (C=O) groups excluding carboxylic acids is 2. The van der Waals surface area contributed by atoms with Gasteiger partial charge in [0, 0.05) is 25.6 Å². The Morgan fingerprint density at radius 3 is 2.41 bits per heavy atom. The molecule has 1 aromatic rings. The largest absolute Gasteiger partial charge is 0.476 e. The van der Waals surface area contributed by atoms with Crippen molar-refractivity contribution in [2.24, 2.45) is 5.41 Å². The van der Waals surface area contributed by atoms with Gasteiger partial charge in [-0.05, 0) is 31.9 Å². The number of carbonyl (C=O) groups is 2. The zero-order chi connectivity index (χ0) is 23.9. The molecule has 1 fully saturated rings. The normalized spacial score (nSPS) is 14.7. The Balaban J connectivity index is 2.29. The number of alkyl halides is 1. The van der Waals surface area contributed by atoms with Crippen LogP contribution >= 0.6 is 0 Å². The number of esters is 1. The second-order valence-corrected chi connectivity index (χ2v) is 8.83. The second kappa shape index (κ2) is 10.9. The number of anilines is 1. The fourth-order valence-corrected chi connectivity index (χ4v) is 3.31. The van der Waals surface area contributed by atoms with Crippen LogP contribution in [0.2, 0.25) is 0 Å². The summed E-state index contributed by atoms with van der Waals surface area (Å²) in [4.78, 5) is 32.0. The van der Waals surface area contributed by atoms with Crippen molar-refractivity contribution in [3.63, 3.8) is 0 Å². The van der Waals surface area contributed by atoms with Crippen molar-refractivity contribution in [1.29, 1.82) is 0 Å². The lowest BCUT2D eigenvalue weighted by atomic mass is 9.92. The van der Waals surface area contributed by atoms with Gasteiger partial charge in [0.05, 0.1) is 26.0 Å². The lowest BCUT2D eigenvalue weighted by Crippen LogP contribution is -2.54. The van der Waals surface area contributed by atoms with Gasteiger partial charge in [-0.3, -0.25) is 9.18 Å². The molecule has 32 heavy (non-hydrogen) atoms. The average Bonchev–Trinajstić information content (AvgIpc) is 2.76. The SMILES string of the molecule is CCOC(=O)C(CC)(CC)NC(=O)c1ccc(N2CC(OC)C2)c(OCC(C)(C)CF)n1. The number of aromatic nitrogens is 1. The fourth-order valence-electron chi connectivity index (χ4n) is 3.31. The molecule has 1 amide bonds. The van der Waals surface area contributed by atoms with Crippen LogP contribution in [-0.4, -0.2) is 68.6 Å². The van der Waals surface area contributed by atoms with Crippen molar-refractivity contribution in [1.82, 2.24) is 10.3 Å². The first kappa shape index (κ1) is 25.8. The smallest absolute Gasteiger partial charge is 0.331 e. The lowest BCUT2D eigenvalue weighted by molar-refractivity contribution is -0.151. The molecule has 0 radical (unpaired) electrons. The van der Waals surface area contributed by atoms with E-state index in [4.69, 9.17) is 14.2 Å². The minimum Gasteiger partial charge on any atom is -0.476 e. The third kappa shape index (κ3) is 5.88. The monoisotopic (exact) mass is 453 g/mol. The third-order valence-electron chi connectivity index (χ3n) is 5.78. The highest BCUT2D eigenvalue weighted by atomic mass is 19.1. The molecule has 0 saturated carbocycles. The van der Waals surface area contributed by atoms with Crippen molar-refractivity contribution in [3.8, 4) is 5.88 Å². The number of hydrogen-bond acceptors (Lipinski definition) is 7. The van der Waals surface area contributed by atoms with Crippen LogP contribution in [-0.2, 0) is 14.3 Å². The third-order valence-corrected chi connectivity index (χ3v) is 5.78. The van der Waals surface area contributed by atoms with Crippen molar-refractivity contribution in [2.75, 3.05) is 45.0 Å². The molecule has 9 heteroatoms. The van der Waals surface area contributed by atoms with Gasteiger partial charge in [-0.15, -0.1) is 0 Å². The van der Waals surface area contributed by atoms with Crippen molar-refractivity contribution in [2.45, 2.75) is 59.1 Å². The van der Waals surface area contributed by atoms with Crippen LogP contribution in [0, 0.1) is 5.41 Å². The average molecular weight is 454 g/mol. The van der Waals surface area contributed by atoms with Gasteiger partial charge in [-0.25, -0.2) is 9.78 Å². The van der Waals surface area contributed by atoms with Gasteiger partial charge in [0.1, 0.15) is 16.9 Å². The first-order valence-corrected chi connectivity index (χ1v) is 11.1. The number of hydrogen-bond donors (Lipinski definition) is 1. The van der Waals surface area contributed by atoms with E-state index < -0.39 is 29.5 Å². The topological polar surface area (TPSA) is 90.0 Å². The molecule has 180 valence electrons. The highest BCUT2D eigenvalue weighted by Gasteiger charge is 2.39. The minimum absolute atomic E-state index is 0.104. The molecule has 1 aromatic heterocycles. The van der Waals surface area contributed by atoms with Crippen LogP contribution < -0.4 is 15.0 Å². The molecule has 0 aromatic carbocycles. The molecule has 1 aliphatic heterocycles. The maximum absolute atomic E-state index is 13.3. The van der Waals surface area contributed by atoms with Crippen LogP contribution in [0.5, 0.6) is 5.88 Å². The minimum atomic E-state index is -1.13. The van der Waals surface area contributed by atoms with Crippen LogP contribution in [0.3, 0.4) is 0 Å². The molecule has 1 N–H and O–H groups in total. The molecule has 2 heterocycles. The Hall–Kier alpha value is -2.42. The summed E-state index contributed by atoms with van der Waals surface area (Å²) in [6, 6.07) is 3.36. The van der Waals surface area contributed by atoms with Crippen molar-refractivity contribution < 1.29 is 28.2 Å². The van der Waals surface area contributed by atoms with Gasteiger partial charge in [0.2, 0.25) is 5.88 Å². The number of nitrogens with one attached hydrogen (secondary N) is 1. The van der Waals surface area contributed by atoms with E-state index in [1.165, 1.54) is 0 Å². The first-order chi connectivity index (χ1) is 15.1. The summed E-state index contributed by atoms with van der Waals surface area (Å²) < 4.78 is 29.7. The molecule has 0 bridgehead atoms. The molecule has 0 unspecified atom stereocenters. The van der Waals surface area contributed by atoms with Crippen LogP contribution in [0.25, 0.3) is 0 Å². The van der Waals surface area contributed by atoms with Crippen LogP contribution in [0.15, 0.2) is 12.1 Å². The van der Waals surface area contributed by atoms with Gasteiger partial charge < -0.3 is 24.4 Å². The van der Waals surface area contributed by atoms with E-state index in [-0.39, 0.29) is 30.9 Å². The summed E-state index contributed by atoms with van der Waals surface area (Å²) in [7, 11) is 1.66. The molecule has 8 nitrogen and oxygen atoms in total. The number of rotatable bonds is 12. The quantitative estimate of drug-likeness (QED) is 0.486. The van der Waals surface area contributed by atoms with E-state index in [0.717, 1.165) is 0 Å². The number of pyridine rings is 1.